The molecule has 0 bridgehead atoms. The lowest BCUT2D eigenvalue weighted by Crippen LogP contribution is -2.38. The van der Waals surface area contributed by atoms with E-state index in [2.05, 4.69) is 30.6 Å². The molecule has 0 spiro atoms. The average Bonchev–Trinajstić information content (AvgIpc) is 3.01. The Morgan fingerprint density at radius 2 is 2.00 bits per heavy atom. The highest BCUT2D eigenvalue weighted by atomic mass is 15.2. The molecular weight excluding hydrogens is 288 g/mol. The van der Waals surface area contributed by atoms with Crippen molar-refractivity contribution >= 4 is 17.0 Å². The first kappa shape index (κ1) is 15.0. The van der Waals surface area contributed by atoms with E-state index in [9.17, 15) is 0 Å². The Labute approximate surface area is 135 Å². The fourth-order valence-corrected chi connectivity index (χ4v) is 2.32. The third-order valence-corrected chi connectivity index (χ3v) is 3.48. The zero-order chi connectivity index (χ0) is 15.9. The van der Waals surface area contributed by atoms with Crippen molar-refractivity contribution in [3.63, 3.8) is 0 Å². The van der Waals surface area contributed by atoms with Crippen molar-refractivity contribution in [3.8, 4) is 0 Å². The summed E-state index contributed by atoms with van der Waals surface area (Å²) in [7, 11) is 1.76. The molecular formula is C17H20N6. The zero-order valence-electron chi connectivity index (χ0n) is 13.1. The summed E-state index contributed by atoms with van der Waals surface area (Å²) >= 11 is 0. The number of H-pyrrole nitrogens is 1. The van der Waals surface area contributed by atoms with Crippen LogP contribution >= 0.6 is 0 Å². The van der Waals surface area contributed by atoms with Gasteiger partial charge in [0, 0.05) is 26.2 Å². The van der Waals surface area contributed by atoms with Crippen LogP contribution in [0.15, 0.2) is 53.7 Å². The first-order valence-electron chi connectivity index (χ1n) is 7.63. The Kier molecular flexibility index (Phi) is 4.83. The highest BCUT2D eigenvalue weighted by Crippen LogP contribution is 2.10. The maximum Gasteiger partial charge on any atom is 0.191 e. The minimum atomic E-state index is 0.644. The molecule has 1 aromatic carbocycles. The molecule has 6 nitrogen and oxygen atoms in total. The summed E-state index contributed by atoms with van der Waals surface area (Å²) in [6.07, 6.45) is 2.59. The molecule has 6 heteroatoms. The first-order valence-corrected chi connectivity index (χ1v) is 7.63. The van der Waals surface area contributed by atoms with Crippen molar-refractivity contribution in [3.05, 3.63) is 60.2 Å². The highest BCUT2D eigenvalue weighted by molar-refractivity contribution is 5.79. The Hall–Kier alpha value is -2.89. The molecule has 0 saturated carbocycles. The second kappa shape index (κ2) is 7.40. The van der Waals surface area contributed by atoms with E-state index in [-0.39, 0.29) is 0 Å². The molecule has 0 radical (unpaired) electrons. The van der Waals surface area contributed by atoms with E-state index in [1.165, 1.54) is 0 Å². The minimum absolute atomic E-state index is 0.644. The highest BCUT2D eigenvalue weighted by Gasteiger charge is 2.03. The molecule has 0 amide bonds. The number of aromatic nitrogens is 3. The molecule has 0 saturated heterocycles. The van der Waals surface area contributed by atoms with Crippen LogP contribution in [0, 0.1) is 0 Å². The van der Waals surface area contributed by atoms with Gasteiger partial charge in [0.25, 0.3) is 0 Å². The van der Waals surface area contributed by atoms with E-state index < -0.39 is 0 Å². The minimum Gasteiger partial charge on any atom is -0.356 e. The summed E-state index contributed by atoms with van der Waals surface area (Å²) in [5, 5.41) is 6.53. The van der Waals surface area contributed by atoms with Crippen LogP contribution in [0.2, 0.25) is 0 Å². The van der Waals surface area contributed by atoms with Crippen LogP contribution in [0.5, 0.6) is 0 Å². The Bertz CT molecular complexity index is 745. The molecule has 0 aliphatic rings. The maximum atomic E-state index is 4.56. The summed E-state index contributed by atoms with van der Waals surface area (Å²) < 4.78 is 0. The molecule has 23 heavy (non-hydrogen) atoms. The van der Waals surface area contributed by atoms with Crippen LogP contribution in [0.3, 0.4) is 0 Å². The van der Waals surface area contributed by atoms with Crippen molar-refractivity contribution in [1.29, 1.82) is 0 Å². The second-order valence-electron chi connectivity index (χ2n) is 5.12. The van der Waals surface area contributed by atoms with Gasteiger partial charge in [-0.2, -0.15) is 0 Å². The number of hydrogen-bond acceptors (Lipinski definition) is 3. The smallest absolute Gasteiger partial charge is 0.191 e. The lowest BCUT2D eigenvalue weighted by molar-refractivity contribution is 0.769. The third kappa shape index (κ3) is 4.06. The van der Waals surface area contributed by atoms with E-state index in [0.29, 0.717) is 6.54 Å². The van der Waals surface area contributed by atoms with E-state index in [1.54, 1.807) is 13.2 Å². The van der Waals surface area contributed by atoms with Gasteiger partial charge in [-0.15, -0.1) is 0 Å². The lowest BCUT2D eigenvalue weighted by Gasteiger charge is -2.10. The largest absolute Gasteiger partial charge is 0.356 e. The summed E-state index contributed by atoms with van der Waals surface area (Å²) in [5.74, 6) is 1.73. The van der Waals surface area contributed by atoms with Gasteiger partial charge in [-0.25, -0.2) is 4.98 Å². The van der Waals surface area contributed by atoms with Gasteiger partial charge in [0.15, 0.2) is 5.96 Å². The molecule has 0 aliphatic heterocycles. The molecule has 0 fully saturated rings. The van der Waals surface area contributed by atoms with Crippen LogP contribution in [0.4, 0.5) is 0 Å². The van der Waals surface area contributed by atoms with Crippen LogP contribution in [-0.2, 0) is 13.0 Å². The van der Waals surface area contributed by atoms with Gasteiger partial charge in [-0.1, -0.05) is 18.2 Å². The number of para-hydroxylation sites is 2. The van der Waals surface area contributed by atoms with Crippen molar-refractivity contribution in [2.75, 3.05) is 13.6 Å². The topological polar surface area (TPSA) is 78.0 Å². The third-order valence-electron chi connectivity index (χ3n) is 3.48. The Balaban J connectivity index is 1.48. The standard InChI is InChI=1S/C17H20N6/c1-18-17(21-12-13-6-4-5-10-19-13)20-11-9-16-22-14-7-2-3-8-15(14)23-16/h2-8,10H,9,11-12H2,1H3,(H,22,23)(H2,18,20,21). The fourth-order valence-electron chi connectivity index (χ4n) is 2.32. The van der Waals surface area contributed by atoms with Crippen molar-refractivity contribution in [2.24, 2.45) is 4.99 Å². The molecule has 3 aromatic rings. The number of aromatic amines is 1. The van der Waals surface area contributed by atoms with Crippen molar-refractivity contribution in [2.45, 2.75) is 13.0 Å². The number of nitrogens with zero attached hydrogens (tertiary/aromatic N) is 3. The predicted octanol–water partition coefficient (Wildman–Crippen LogP) is 1.87. The zero-order valence-corrected chi connectivity index (χ0v) is 13.1. The van der Waals surface area contributed by atoms with Gasteiger partial charge in [0.2, 0.25) is 0 Å². The number of guanidine groups is 1. The molecule has 3 rings (SSSR count). The molecule has 0 aliphatic carbocycles. The lowest BCUT2D eigenvalue weighted by atomic mass is 10.3. The maximum absolute atomic E-state index is 4.56. The van der Waals surface area contributed by atoms with Crippen molar-refractivity contribution < 1.29 is 0 Å². The number of benzene rings is 1. The van der Waals surface area contributed by atoms with Gasteiger partial charge >= 0.3 is 0 Å². The normalized spacial score (nSPS) is 11.6. The summed E-state index contributed by atoms with van der Waals surface area (Å²) in [6.45, 7) is 1.40. The van der Waals surface area contributed by atoms with Gasteiger partial charge in [-0.3, -0.25) is 9.98 Å². The quantitative estimate of drug-likeness (QED) is 0.497. The van der Waals surface area contributed by atoms with Crippen LogP contribution in [0.25, 0.3) is 11.0 Å². The molecule has 2 heterocycles. The summed E-state index contributed by atoms with van der Waals surface area (Å²) in [4.78, 5) is 16.4. The second-order valence-corrected chi connectivity index (χ2v) is 5.12. The van der Waals surface area contributed by atoms with Gasteiger partial charge in [0.05, 0.1) is 23.3 Å². The van der Waals surface area contributed by atoms with Gasteiger partial charge in [-0.05, 0) is 24.3 Å². The van der Waals surface area contributed by atoms with Crippen molar-refractivity contribution in [1.82, 2.24) is 25.6 Å². The Morgan fingerprint density at radius 1 is 1.13 bits per heavy atom. The summed E-state index contributed by atoms with van der Waals surface area (Å²) in [6, 6.07) is 13.9. The molecule has 0 atom stereocenters. The number of imidazole rings is 1. The number of nitrogens with one attached hydrogen (secondary N) is 3. The van der Waals surface area contributed by atoms with E-state index in [1.807, 2.05) is 42.5 Å². The predicted molar refractivity (Wildman–Crippen MR) is 92.2 cm³/mol. The monoisotopic (exact) mass is 308 g/mol. The number of hydrogen-bond donors (Lipinski definition) is 3. The first-order chi connectivity index (χ1) is 11.3. The van der Waals surface area contributed by atoms with E-state index in [0.717, 1.165) is 41.5 Å². The molecule has 2 aromatic heterocycles. The molecule has 118 valence electrons. The number of pyridine rings is 1. The fraction of sp³-hybridized carbons (Fsp3) is 0.235. The van der Waals surface area contributed by atoms with Crippen LogP contribution in [0.1, 0.15) is 11.5 Å². The molecule has 3 N–H and O–H groups in total. The molecule has 0 unspecified atom stereocenters. The summed E-state index contributed by atoms with van der Waals surface area (Å²) in [5.41, 5.74) is 3.05. The number of rotatable bonds is 5. The average molecular weight is 308 g/mol. The van der Waals surface area contributed by atoms with E-state index >= 15 is 0 Å². The SMILES string of the molecule is CN=C(NCCc1nc2ccccc2[nH]1)NCc1ccccn1. The number of aliphatic imine (C=N–C) groups is 1. The van der Waals surface area contributed by atoms with Crippen LogP contribution in [-0.4, -0.2) is 34.5 Å². The Morgan fingerprint density at radius 3 is 2.78 bits per heavy atom. The number of fused-ring (bicyclic) bond motifs is 1. The van der Waals surface area contributed by atoms with Gasteiger partial charge < -0.3 is 15.6 Å². The van der Waals surface area contributed by atoms with Gasteiger partial charge in [0.1, 0.15) is 5.82 Å². The van der Waals surface area contributed by atoms with Crippen LogP contribution < -0.4 is 10.6 Å². The van der Waals surface area contributed by atoms with E-state index in [4.69, 9.17) is 0 Å².